The topological polar surface area (TPSA) is 20.3 Å². The molecule has 0 spiro atoms. The standard InChI is InChI=1S/C19H25NO/c1-3-5-7-11-17-15-14-16-10-8-9-12-18(16)20(17)19(21)13-6-4-2/h8-10,12,17H,3-4,6,11,13-15H2,1-2H3/t17-/m1/s1. The Labute approximate surface area is 128 Å². The van der Waals surface area contributed by atoms with Gasteiger partial charge in [-0.05, 0) is 30.9 Å². The Hall–Kier alpha value is -1.75. The smallest absolute Gasteiger partial charge is 0.227 e. The summed E-state index contributed by atoms with van der Waals surface area (Å²) in [6.45, 7) is 4.19. The largest absolute Gasteiger partial charge is 0.308 e. The van der Waals surface area contributed by atoms with Crippen LogP contribution >= 0.6 is 0 Å². The van der Waals surface area contributed by atoms with E-state index < -0.39 is 0 Å². The molecule has 1 aromatic rings. The summed E-state index contributed by atoms with van der Waals surface area (Å²) in [6, 6.07) is 8.55. The molecule has 112 valence electrons. The van der Waals surface area contributed by atoms with E-state index in [1.807, 2.05) is 11.0 Å². The van der Waals surface area contributed by atoms with E-state index in [4.69, 9.17) is 0 Å². The van der Waals surface area contributed by atoms with Gasteiger partial charge in [-0.15, -0.1) is 11.8 Å². The molecule has 2 heteroatoms. The van der Waals surface area contributed by atoms with Crippen molar-refractivity contribution >= 4 is 11.6 Å². The van der Waals surface area contributed by atoms with E-state index in [1.165, 1.54) is 5.56 Å². The zero-order chi connectivity index (χ0) is 15.1. The maximum Gasteiger partial charge on any atom is 0.227 e. The Morgan fingerprint density at radius 1 is 1.29 bits per heavy atom. The molecular formula is C19H25NO. The summed E-state index contributed by atoms with van der Waals surface area (Å²) in [5.41, 5.74) is 2.40. The van der Waals surface area contributed by atoms with Crippen LogP contribution in [0.5, 0.6) is 0 Å². The van der Waals surface area contributed by atoms with Crippen molar-refractivity contribution in [2.24, 2.45) is 0 Å². The first-order valence-corrected chi connectivity index (χ1v) is 8.13. The van der Waals surface area contributed by atoms with Gasteiger partial charge in [-0.3, -0.25) is 4.79 Å². The molecule has 2 nitrogen and oxygen atoms in total. The molecule has 1 atom stereocenters. The number of unbranched alkanes of at least 4 members (excludes halogenated alkanes) is 1. The highest BCUT2D eigenvalue weighted by Gasteiger charge is 2.29. The van der Waals surface area contributed by atoms with Crippen molar-refractivity contribution in [3.05, 3.63) is 29.8 Å². The highest BCUT2D eigenvalue weighted by molar-refractivity contribution is 5.95. The first-order valence-electron chi connectivity index (χ1n) is 8.13. The van der Waals surface area contributed by atoms with Crippen LogP contribution in [-0.2, 0) is 11.2 Å². The summed E-state index contributed by atoms with van der Waals surface area (Å²) < 4.78 is 0. The maximum absolute atomic E-state index is 12.6. The minimum atomic E-state index is 0.239. The second kappa shape index (κ2) is 7.88. The van der Waals surface area contributed by atoms with Crippen LogP contribution in [-0.4, -0.2) is 11.9 Å². The Morgan fingerprint density at radius 2 is 2.10 bits per heavy atom. The molecule has 0 unspecified atom stereocenters. The molecule has 0 fully saturated rings. The Kier molecular flexibility index (Phi) is 5.87. The number of aryl methyl sites for hydroxylation is 1. The van der Waals surface area contributed by atoms with Gasteiger partial charge in [0, 0.05) is 31.0 Å². The zero-order valence-electron chi connectivity index (χ0n) is 13.2. The SMILES string of the molecule is CCC#CC[C@@H]1CCc2ccccc2N1C(=O)CCCC. The molecular weight excluding hydrogens is 258 g/mol. The van der Waals surface area contributed by atoms with Gasteiger partial charge in [0.05, 0.1) is 0 Å². The molecule has 0 bridgehead atoms. The summed E-state index contributed by atoms with van der Waals surface area (Å²) in [7, 11) is 0. The van der Waals surface area contributed by atoms with E-state index in [2.05, 4.69) is 43.9 Å². The monoisotopic (exact) mass is 283 g/mol. The van der Waals surface area contributed by atoms with Gasteiger partial charge in [0.25, 0.3) is 0 Å². The number of carbonyl (C=O) groups excluding carboxylic acids is 1. The summed E-state index contributed by atoms with van der Waals surface area (Å²) in [5, 5.41) is 0. The van der Waals surface area contributed by atoms with Gasteiger partial charge in [0.15, 0.2) is 0 Å². The number of hydrogen-bond donors (Lipinski definition) is 0. The van der Waals surface area contributed by atoms with E-state index in [0.717, 1.165) is 44.2 Å². The van der Waals surface area contributed by atoms with Crippen molar-refractivity contribution in [1.82, 2.24) is 0 Å². The summed E-state index contributed by atoms with van der Waals surface area (Å²) in [6.07, 6.45) is 6.40. The molecule has 1 aliphatic heterocycles. The number of hydrogen-bond acceptors (Lipinski definition) is 1. The third kappa shape index (κ3) is 3.88. The Balaban J connectivity index is 2.23. The number of carbonyl (C=O) groups is 1. The first-order chi connectivity index (χ1) is 10.3. The lowest BCUT2D eigenvalue weighted by molar-refractivity contribution is -0.119. The highest BCUT2D eigenvalue weighted by atomic mass is 16.2. The van der Waals surface area contributed by atoms with Crippen molar-refractivity contribution < 1.29 is 4.79 Å². The average Bonchev–Trinajstić information content (AvgIpc) is 2.52. The maximum atomic E-state index is 12.6. The van der Waals surface area contributed by atoms with E-state index in [0.29, 0.717) is 6.42 Å². The van der Waals surface area contributed by atoms with Crippen LogP contribution in [0.3, 0.4) is 0 Å². The molecule has 0 aromatic heterocycles. The third-order valence-electron chi connectivity index (χ3n) is 4.02. The minimum Gasteiger partial charge on any atom is -0.308 e. The van der Waals surface area contributed by atoms with Crippen LogP contribution in [0.25, 0.3) is 0 Å². The van der Waals surface area contributed by atoms with Crippen molar-refractivity contribution in [2.75, 3.05) is 4.90 Å². The number of para-hydroxylation sites is 1. The quantitative estimate of drug-likeness (QED) is 0.753. The lowest BCUT2D eigenvalue weighted by Gasteiger charge is -2.36. The first kappa shape index (κ1) is 15.6. The summed E-state index contributed by atoms with van der Waals surface area (Å²) >= 11 is 0. The summed E-state index contributed by atoms with van der Waals surface area (Å²) in [4.78, 5) is 14.7. The molecule has 0 saturated carbocycles. The second-order valence-electron chi connectivity index (χ2n) is 5.60. The molecule has 0 aliphatic carbocycles. The van der Waals surface area contributed by atoms with Gasteiger partial charge in [0.2, 0.25) is 5.91 Å². The van der Waals surface area contributed by atoms with Crippen LogP contribution in [0.1, 0.15) is 57.9 Å². The van der Waals surface area contributed by atoms with Crippen LogP contribution < -0.4 is 4.90 Å². The van der Waals surface area contributed by atoms with E-state index in [1.54, 1.807) is 0 Å². The van der Waals surface area contributed by atoms with Gasteiger partial charge in [0.1, 0.15) is 0 Å². The second-order valence-corrected chi connectivity index (χ2v) is 5.60. The fraction of sp³-hybridized carbons (Fsp3) is 0.526. The van der Waals surface area contributed by atoms with Crippen molar-refractivity contribution in [3.63, 3.8) is 0 Å². The van der Waals surface area contributed by atoms with Gasteiger partial charge >= 0.3 is 0 Å². The number of fused-ring (bicyclic) bond motifs is 1. The normalized spacial score (nSPS) is 16.9. The Morgan fingerprint density at radius 3 is 2.86 bits per heavy atom. The van der Waals surface area contributed by atoms with Crippen LogP contribution in [0, 0.1) is 11.8 Å². The molecule has 1 heterocycles. The van der Waals surface area contributed by atoms with Crippen LogP contribution in [0.2, 0.25) is 0 Å². The van der Waals surface area contributed by atoms with Crippen LogP contribution in [0.15, 0.2) is 24.3 Å². The van der Waals surface area contributed by atoms with Crippen molar-refractivity contribution in [3.8, 4) is 11.8 Å². The summed E-state index contributed by atoms with van der Waals surface area (Å²) in [5.74, 6) is 6.62. The number of benzene rings is 1. The predicted octanol–water partition coefficient (Wildman–Crippen LogP) is 4.33. The number of anilines is 1. The van der Waals surface area contributed by atoms with Gasteiger partial charge < -0.3 is 4.90 Å². The third-order valence-corrected chi connectivity index (χ3v) is 4.02. The van der Waals surface area contributed by atoms with Crippen LogP contribution in [0.4, 0.5) is 5.69 Å². The highest BCUT2D eigenvalue weighted by Crippen LogP contribution is 2.32. The number of amides is 1. The lowest BCUT2D eigenvalue weighted by Crippen LogP contribution is -2.43. The minimum absolute atomic E-state index is 0.239. The van der Waals surface area contributed by atoms with E-state index in [9.17, 15) is 4.79 Å². The van der Waals surface area contributed by atoms with Crippen molar-refractivity contribution in [1.29, 1.82) is 0 Å². The number of rotatable bonds is 4. The molecule has 1 aromatic carbocycles. The lowest BCUT2D eigenvalue weighted by atomic mass is 9.93. The fourth-order valence-electron chi connectivity index (χ4n) is 2.90. The zero-order valence-corrected chi connectivity index (χ0v) is 13.2. The van der Waals surface area contributed by atoms with Gasteiger partial charge in [-0.25, -0.2) is 0 Å². The van der Waals surface area contributed by atoms with Crippen molar-refractivity contribution in [2.45, 2.75) is 64.8 Å². The molecule has 21 heavy (non-hydrogen) atoms. The molecule has 0 N–H and O–H groups in total. The molecule has 0 saturated heterocycles. The molecule has 1 amide bonds. The molecule has 0 radical (unpaired) electrons. The Bertz CT molecular complexity index is 538. The fourth-order valence-corrected chi connectivity index (χ4v) is 2.90. The van der Waals surface area contributed by atoms with Gasteiger partial charge in [-0.1, -0.05) is 38.5 Å². The molecule has 2 rings (SSSR count). The van der Waals surface area contributed by atoms with Gasteiger partial charge in [-0.2, -0.15) is 0 Å². The van der Waals surface area contributed by atoms with E-state index >= 15 is 0 Å². The average molecular weight is 283 g/mol. The number of nitrogens with zero attached hydrogens (tertiary/aromatic N) is 1. The molecule has 1 aliphatic rings. The predicted molar refractivity (Wildman–Crippen MR) is 88.2 cm³/mol. The van der Waals surface area contributed by atoms with E-state index in [-0.39, 0.29) is 11.9 Å².